The van der Waals surface area contributed by atoms with E-state index in [1.54, 1.807) is 6.07 Å². The fourth-order valence-corrected chi connectivity index (χ4v) is 1.39. The average Bonchev–Trinajstić information content (AvgIpc) is 2.26. The molecule has 0 spiro atoms. The molecule has 0 N–H and O–H groups in total. The molecule has 1 rings (SSSR count). The number of carbonyl (C=O) groups is 1. The van der Waals surface area contributed by atoms with Crippen molar-refractivity contribution < 1.29 is 14.6 Å². The fraction of sp³-hybridized carbons (Fsp3) is 0.462. The summed E-state index contributed by atoms with van der Waals surface area (Å²) in [6.07, 6.45) is 0.980. The molecule has 0 fully saturated rings. The van der Waals surface area contributed by atoms with E-state index in [1.807, 2.05) is 18.2 Å². The normalized spacial score (nSPS) is 11.0. The van der Waals surface area contributed by atoms with Gasteiger partial charge in [-0.05, 0) is 17.9 Å². The SMILES string of the molecule is CCC(C)(C)c1ccccc1OOC(C)=O. The van der Waals surface area contributed by atoms with Crippen LogP contribution in [0.4, 0.5) is 0 Å². The molecule has 3 heteroatoms. The van der Waals surface area contributed by atoms with Gasteiger partial charge in [0.25, 0.3) is 0 Å². The van der Waals surface area contributed by atoms with Crippen LogP contribution >= 0.6 is 0 Å². The molecule has 16 heavy (non-hydrogen) atoms. The van der Waals surface area contributed by atoms with E-state index in [0.29, 0.717) is 5.75 Å². The van der Waals surface area contributed by atoms with Crippen LogP contribution in [0.15, 0.2) is 24.3 Å². The van der Waals surface area contributed by atoms with Crippen LogP contribution in [-0.4, -0.2) is 5.97 Å². The van der Waals surface area contributed by atoms with Crippen LogP contribution < -0.4 is 4.89 Å². The van der Waals surface area contributed by atoms with Gasteiger partial charge in [-0.2, -0.15) is 0 Å². The lowest BCUT2D eigenvalue weighted by atomic mass is 9.82. The minimum atomic E-state index is -0.455. The van der Waals surface area contributed by atoms with Crippen LogP contribution in [0.2, 0.25) is 0 Å². The van der Waals surface area contributed by atoms with Gasteiger partial charge in [0.15, 0.2) is 5.75 Å². The van der Waals surface area contributed by atoms with Crippen molar-refractivity contribution in [3.63, 3.8) is 0 Å². The Balaban J connectivity index is 2.96. The van der Waals surface area contributed by atoms with E-state index < -0.39 is 5.97 Å². The number of benzene rings is 1. The first-order valence-electron chi connectivity index (χ1n) is 5.42. The Hall–Kier alpha value is -1.51. The highest BCUT2D eigenvalue weighted by atomic mass is 17.2. The van der Waals surface area contributed by atoms with Gasteiger partial charge in [0.2, 0.25) is 0 Å². The molecule has 1 aromatic carbocycles. The number of hydrogen-bond acceptors (Lipinski definition) is 3. The van der Waals surface area contributed by atoms with Gasteiger partial charge in [-0.1, -0.05) is 39.0 Å². The lowest BCUT2D eigenvalue weighted by Gasteiger charge is -2.24. The molecular weight excluding hydrogens is 204 g/mol. The third-order valence-electron chi connectivity index (χ3n) is 2.75. The molecule has 0 heterocycles. The molecular formula is C13H18O3. The third-order valence-corrected chi connectivity index (χ3v) is 2.75. The molecule has 0 aliphatic heterocycles. The van der Waals surface area contributed by atoms with Gasteiger partial charge < -0.3 is 0 Å². The van der Waals surface area contributed by atoms with Crippen LogP contribution in [0.3, 0.4) is 0 Å². The molecule has 3 nitrogen and oxygen atoms in total. The Kier molecular flexibility index (Phi) is 3.93. The van der Waals surface area contributed by atoms with Crippen molar-refractivity contribution >= 4 is 5.97 Å². The molecule has 0 atom stereocenters. The third kappa shape index (κ3) is 2.99. The van der Waals surface area contributed by atoms with Crippen LogP contribution in [-0.2, 0) is 15.1 Å². The highest BCUT2D eigenvalue weighted by Gasteiger charge is 2.22. The summed E-state index contributed by atoms with van der Waals surface area (Å²) < 4.78 is 0. The predicted molar refractivity (Wildman–Crippen MR) is 62.2 cm³/mol. The second-order valence-electron chi connectivity index (χ2n) is 4.39. The summed E-state index contributed by atoms with van der Waals surface area (Å²) in [6, 6.07) is 7.60. The molecule has 0 saturated heterocycles. The van der Waals surface area contributed by atoms with Gasteiger partial charge in [0.05, 0.1) is 0 Å². The summed E-state index contributed by atoms with van der Waals surface area (Å²) in [5.41, 5.74) is 1.04. The molecule has 0 radical (unpaired) electrons. The first-order valence-corrected chi connectivity index (χ1v) is 5.42. The zero-order valence-electron chi connectivity index (χ0n) is 10.2. The topological polar surface area (TPSA) is 35.5 Å². The number of hydrogen-bond donors (Lipinski definition) is 0. The lowest BCUT2D eigenvalue weighted by Crippen LogP contribution is -2.17. The second-order valence-corrected chi connectivity index (χ2v) is 4.39. The Morgan fingerprint density at radius 2 is 1.94 bits per heavy atom. The number of carbonyl (C=O) groups excluding carboxylic acids is 1. The summed E-state index contributed by atoms with van der Waals surface area (Å²) in [4.78, 5) is 20.3. The average molecular weight is 222 g/mol. The Morgan fingerprint density at radius 1 is 1.31 bits per heavy atom. The molecule has 0 amide bonds. The molecule has 0 aliphatic carbocycles. The minimum Gasteiger partial charge on any atom is -0.287 e. The molecule has 0 aliphatic rings. The van der Waals surface area contributed by atoms with Crippen molar-refractivity contribution in [3.8, 4) is 5.75 Å². The van der Waals surface area contributed by atoms with Crippen LogP contribution in [0.5, 0.6) is 5.75 Å². The smallest absolute Gasteiger partial charge is 0.287 e. The van der Waals surface area contributed by atoms with Gasteiger partial charge in [0.1, 0.15) is 0 Å². The monoisotopic (exact) mass is 222 g/mol. The Morgan fingerprint density at radius 3 is 2.50 bits per heavy atom. The maximum Gasteiger partial charge on any atom is 0.352 e. The van der Waals surface area contributed by atoms with E-state index in [2.05, 4.69) is 25.7 Å². The van der Waals surface area contributed by atoms with Crippen LogP contribution in [0.25, 0.3) is 0 Å². The van der Waals surface area contributed by atoms with Crippen molar-refractivity contribution in [2.24, 2.45) is 0 Å². The van der Waals surface area contributed by atoms with Crippen LogP contribution in [0.1, 0.15) is 39.7 Å². The van der Waals surface area contributed by atoms with Gasteiger partial charge in [-0.15, -0.1) is 0 Å². The maximum absolute atomic E-state index is 10.7. The minimum absolute atomic E-state index is 0.00323. The van der Waals surface area contributed by atoms with Gasteiger partial charge in [-0.25, -0.2) is 4.79 Å². The second kappa shape index (κ2) is 5.01. The molecule has 0 bridgehead atoms. The standard InChI is InChI=1S/C13H18O3/c1-5-13(3,4)11-8-6-7-9-12(11)16-15-10(2)14/h6-9H,5H2,1-4H3. The predicted octanol–water partition coefficient (Wildman–Crippen LogP) is 3.23. The first kappa shape index (κ1) is 12.6. The lowest BCUT2D eigenvalue weighted by molar-refractivity contribution is -0.211. The fourth-order valence-electron chi connectivity index (χ4n) is 1.39. The number of rotatable bonds is 4. The molecule has 1 aromatic rings. The van der Waals surface area contributed by atoms with Crippen molar-refractivity contribution in [2.45, 2.75) is 39.5 Å². The summed E-state index contributed by atoms with van der Waals surface area (Å²) in [6.45, 7) is 7.68. The summed E-state index contributed by atoms with van der Waals surface area (Å²) in [5.74, 6) is 0.147. The maximum atomic E-state index is 10.7. The van der Waals surface area contributed by atoms with Gasteiger partial charge in [-0.3, -0.25) is 9.78 Å². The molecule has 88 valence electrons. The zero-order chi connectivity index (χ0) is 12.2. The van der Waals surface area contributed by atoms with E-state index in [1.165, 1.54) is 6.92 Å². The van der Waals surface area contributed by atoms with Gasteiger partial charge in [0, 0.05) is 12.5 Å². The van der Waals surface area contributed by atoms with E-state index in [0.717, 1.165) is 12.0 Å². The van der Waals surface area contributed by atoms with E-state index in [-0.39, 0.29) is 5.41 Å². The summed E-state index contributed by atoms with van der Waals surface area (Å²) >= 11 is 0. The van der Waals surface area contributed by atoms with E-state index in [9.17, 15) is 4.79 Å². The molecule has 0 unspecified atom stereocenters. The highest BCUT2D eigenvalue weighted by Crippen LogP contribution is 2.33. The summed E-state index contributed by atoms with van der Waals surface area (Å²) in [7, 11) is 0. The summed E-state index contributed by atoms with van der Waals surface area (Å²) in [5, 5.41) is 0. The zero-order valence-corrected chi connectivity index (χ0v) is 10.2. The number of para-hydroxylation sites is 1. The van der Waals surface area contributed by atoms with E-state index in [4.69, 9.17) is 4.89 Å². The van der Waals surface area contributed by atoms with Crippen molar-refractivity contribution in [1.82, 2.24) is 0 Å². The van der Waals surface area contributed by atoms with Crippen molar-refractivity contribution in [1.29, 1.82) is 0 Å². The Bertz CT molecular complexity index is 369. The van der Waals surface area contributed by atoms with E-state index >= 15 is 0 Å². The van der Waals surface area contributed by atoms with Crippen molar-refractivity contribution in [3.05, 3.63) is 29.8 Å². The largest absolute Gasteiger partial charge is 0.352 e. The van der Waals surface area contributed by atoms with Crippen molar-refractivity contribution in [2.75, 3.05) is 0 Å². The Labute approximate surface area is 96.3 Å². The first-order chi connectivity index (χ1) is 7.47. The highest BCUT2D eigenvalue weighted by molar-refractivity contribution is 5.65. The molecule has 0 aromatic heterocycles. The van der Waals surface area contributed by atoms with Gasteiger partial charge >= 0.3 is 5.97 Å². The van der Waals surface area contributed by atoms with Crippen LogP contribution in [0, 0.1) is 0 Å². The quantitative estimate of drug-likeness (QED) is 0.579. The molecule has 0 saturated carbocycles.